The number of hydrogen-bond acceptors (Lipinski definition) is 3. The van der Waals surface area contributed by atoms with E-state index in [9.17, 15) is 0 Å². The van der Waals surface area contributed by atoms with Crippen molar-refractivity contribution in [3.05, 3.63) is 59.2 Å². The summed E-state index contributed by atoms with van der Waals surface area (Å²) in [6.45, 7) is 3.97. The van der Waals surface area contributed by atoms with E-state index >= 15 is 0 Å². The first-order valence-corrected chi connectivity index (χ1v) is 7.41. The van der Waals surface area contributed by atoms with Gasteiger partial charge < -0.3 is 15.2 Å². The smallest absolute Gasteiger partial charge is 0.161 e. The van der Waals surface area contributed by atoms with Gasteiger partial charge >= 0.3 is 0 Å². The molecular weight excluding hydrogens is 262 g/mol. The summed E-state index contributed by atoms with van der Waals surface area (Å²) in [5.41, 5.74) is 9.81. The standard InChI is InChI=1S/C18H21NO2/c1-13-3-2-4-14(9-13)10-16(12-19)15-5-6-17-18(11-15)21-8-7-20-17/h2-6,9,11,16H,7-8,10,12,19H2,1H3. The monoisotopic (exact) mass is 283 g/mol. The van der Waals surface area contributed by atoms with Gasteiger partial charge in [-0.25, -0.2) is 0 Å². The van der Waals surface area contributed by atoms with Gasteiger partial charge in [-0.05, 0) is 43.1 Å². The van der Waals surface area contributed by atoms with Crippen LogP contribution in [0.1, 0.15) is 22.6 Å². The number of aryl methyl sites for hydroxylation is 1. The minimum Gasteiger partial charge on any atom is -0.486 e. The lowest BCUT2D eigenvalue weighted by Gasteiger charge is -2.21. The molecule has 2 N–H and O–H groups in total. The molecule has 0 radical (unpaired) electrons. The number of rotatable bonds is 4. The Morgan fingerprint density at radius 3 is 2.62 bits per heavy atom. The summed E-state index contributed by atoms with van der Waals surface area (Å²) in [5.74, 6) is 1.96. The van der Waals surface area contributed by atoms with Gasteiger partial charge in [0.2, 0.25) is 0 Å². The van der Waals surface area contributed by atoms with Crippen molar-refractivity contribution in [3.8, 4) is 11.5 Å². The first kappa shape index (κ1) is 14.0. The second kappa shape index (κ2) is 6.19. The second-order valence-electron chi connectivity index (χ2n) is 5.53. The third kappa shape index (κ3) is 3.19. The lowest BCUT2D eigenvalue weighted by atomic mass is 9.91. The molecule has 0 aromatic heterocycles. The van der Waals surface area contributed by atoms with Crippen LogP contribution in [0.4, 0.5) is 0 Å². The average molecular weight is 283 g/mol. The fourth-order valence-corrected chi connectivity index (χ4v) is 2.77. The normalized spacial score (nSPS) is 14.8. The van der Waals surface area contributed by atoms with Crippen molar-refractivity contribution in [2.45, 2.75) is 19.3 Å². The van der Waals surface area contributed by atoms with Crippen LogP contribution in [0, 0.1) is 6.92 Å². The van der Waals surface area contributed by atoms with E-state index in [0.29, 0.717) is 25.7 Å². The van der Waals surface area contributed by atoms with Crippen molar-refractivity contribution < 1.29 is 9.47 Å². The Morgan fingerprint density at radius 1 is 1.05 bits per heavy atom. The molecule has 1 heterocycles. The van der Waals surface area contributed by atoms with Gasteiger partial charge in [0.15, 0.2) is 11.5 Å². The van der Waals surface area contributed by atoms with Crippen LogP contribution in [0.5, 0.6) is 11.5 Å². The van der Waals surface area contributed by atoms with E-state index in [2.05, 4.69) is 43.3 Å². The zero-order valence-corrected chi connectivity index (χ0v) is 12.3. The third-order valence-corrected chi connectivity index (χ3v) is 3.89. The van der Waals surface area contributed by atoms with Crippen molar-refractivity contribution in [1.29, 1.82) is 0 Å². The van der Waals surface area contributed by atoms with Gasteiger partial charge in [0.25, 0.3) is 0 Å². The van der Waals surface area contributed by atoms with Crippen molar-refractivity contribution in [3.63, 3.8) is 0 Å². The number of nitrogens with two attached hydrogens (primary N) is 1. The Labute approximate surface area is 125 Å². The molecule has 2 aromatic carbocycles. The Kier molecular flexibility index (Phi) is 4.11. The largest absolute Gasteiger partial charge is 0.486 e. The van der Waals surface area contributed by atoms with Crippen LogP contribution in [0.3, 0.4) is 0 Å². The summed E-state index contributed by atoms with van der Waals surface area (Å²) in [5, 5.41) is 0. The maximum absolute atomic E-state index is 5.99. The van der Waals surface area contributed by atoms with Gasteiger partial charge in [-0.15, -0.1) is 0 Å². The van der Waals surface area contributed by atoms with E-state index in [4.69, 9.17) is 15.2 Å². The summed E-state index contributed by atoms with van der Waals surface area (Å²) >= 11 is 0. The van der Waals surface area contributed by atoms with E-state index in [0.717, 1.165) is 17.9 Å². The maximum atomic E-state index is 5.99. The molecule has 3 rings (SSSR count). The quantitative estimate of drug-likeness (QED) is 0.938. The van der Waals surface area contributed by atoms with Crippen molar-refractivity contribution in [2.75, 3.05) is 19.8 Å². The molecule has 110 valence electrons. The molecule has 1 atom stereocenters. The summed E-state index contributed by atoms with van der Waals surface area (Å²) in [7, 11) is 0. The molecule has 1 aliphatic heterocycles. The lowest BCUT2D eigenvalue weighted by molar-refractivity contribution is 0.171. The van der Waals surface area contributed by atoms with Gasteiger partial charge in [0.05, 0.1) is 0 Å². The van der Waals surface area contributed by atoms with Gasteiger partial charge in [0, 0.05) is 5.92 Å². The highest BCUT2D eigenvalue weighted by molar-refractivity contribution is 5.45. The molecule has 2 aromatic rings. The van der Waals surface area contributed by atoms with Gasteiger partial charge in [-0.3, -0.25) is 0 Å². The van der Waals surface area contributed by atoms with Gasteiger partial charge in [0.1, 0.15) is 13.2 Å². The first-order chi connectivity index (χ1) is 10.3. The number of fused-ring (bicyclic) bond motifs is 1. The molecular formula is C18H21NO2. The molecule has 3 heteroatoms. The lowest BCUT2D eigenvalue weighted by Crippen LogP contribution is -2.18. The molecule has 0 saturated carbocycles. The molecule has 0 amide bonds. The van der Waals surface area contributed by atoms with Crippen LogP contribution in [0.2, 0.25) is 0 Å². The molecule has 0 aliphatic carbocycles. The molecule has 21 heavy (non-hydrogen) atoms. The fraction of sp³-hybridized carbons (Fsp3) is 0.333. The van der Waals surface area contributed by atoms with E-state index in [-0.39, 0.29) is 0 Å². The molecule has 0 bridgehead atoms. The summed E-state index contributed by atoms with van der Waals surface area (Å²) in [6.07, 6.45) is 0.942. The van der Waals surface area contributed by atoms with E-state index < -0.39 is 0 Å². The Hall–Kier alpha value is -2.00. The minimum atomic E-state index is 0.294. The van der Waals surface area contributed by atoms with Crippen molar-refractivity contribution >= 4 is 0 Å². The average Bonchev–Trinajstić information content (AvgIpc) is 2.52. The van der Waals surface area contributed by atoms with Crippen LogP contribution in [0.25, 0.3) is 0 Å². The molecule has 0 fully saturated rings. The molecule has 0 spiro atoms. The van der Waals surface area contributed by atoms with E-state index in [1.165, 1.54) is 16.7 Å². The highest BCUT2D eigenvalue weighted by Gasteiger charge is 2.16. The third-order valence-electron chi connectivity index (χ3n) is 3.89. The first-order valence-electron chi connectivity index (χ1n) is 7.41. The zero-order chi connectivity index (χ0) is 14.7. The molecule has 1 aliphatic rings. The second-order valence-corrected chi connectivity index (χ2v) is 5.53. The molecule has 3 nitrogen and oxygen atoms in total. The Morgan fingerprint density at radius 2 is 1.86 bits per heavy atom. The maximum Gasteiger partial charge on any atom is 0.161 e. The predicted molar refractivity (Wildman–Crippen MR) is 84.1 cm³/mol. The fourth-order valence-electron chi connectivity index (χ4n) is 2.77. The van der Waals surface area contributed by atoms with Crippen LogP contribution in [-0.2, 0) is 6.42 Å². The van der Waals surface area contributed by atoms with Crippen molar-refractivity contribution in [1.82, 2.24) is 0 Å². The topological polar surface area (TPSA) is 44.5 Å². The number of ether oxygens (including phenoxy) is 2. The van der Waals surface area contributed by atoms with Crippen LogP contribution < -0.4 is 15.2 Å². The van der Waals surface area contributed by atoms with Crippen molar-refractivity contribution in [2.24, 2.45) is 5.73 Å². The number of hydrogen-bond donors (Lipinski definition) is 1. The SMILES string of the molecule is Cc1cccc(CC(CN)c2ccc3c(c2)OCCO3)c1. The summed E-state index contributed by atoms with van der Waals surface area (Å²) in [6, 6.07) is 14.8. The number of benzene rings is 2. The molecule has 0 saturated heterocycles. The predicted octanol–water partition coefficient (Wildman–Crippen LogP) is 3.05. The van der Waals surface area contributed by atoms with Crippen LogP contribution in [0.15, 0.2) is 42.5 Å². The summed E-state index contributed by atoms with van der Waals surface area (Å²) in [4.78, 5) is 0. The van der Waals surface area contributed by atoms with E-state index in [1.807, 2.05) is 6.07 Å². The Balaban J connectivity index is 1.82. The summed E-state index contributed by atoms with van der Waals surface area (Å²) < 4.78 is 11.2. The van der Waals surface area contributed by atoms with Gasteiger partial charge in [-0.1, -0.05) is 35.9 Å². The highest BCUT2D eigenvalue weighted by Crippen LogP contribution is 2.33. The molecule has 1 unspecified atom stereocenters. The minimum absolute atomic E-state index is 0.294. The highest BCUT2D eigenvalue weighted by atomic mass is 16.6. The van der Waals surface area contributed by atoms with Crippen LogP contribution >= 0.6 is 0 Å². The van der Waals surface area contributed by atoms with Crippen LogP contribution in [-0.4, -0.2) is 19.8 Å². The zero-order valence-electron chi connectivity index (χ0n) is 12.3. The Bertz CT molecular complexity index is 624. The van der Waals surface area contributed by atoms with Gasteiger partial charge in [-0.2, -0.15) is 0 Å². The van der Waals surface area contributed by atoms with E-state index in [1.54, 1.807) is 0 Å².